The molecule has 1 amide bonds. The highest BCUT2D eigenvalue weighted by atomic mass is 16.6. The first-order chi connectivity index (χ1) is 15.0. The van der Waals surface area contributed by atoms with Gasteiger partial charge in [0.05, 0.1) is 11.0 Å². The number of nitrogens with one attached hydrogen (secondary N) is 1. The van der Waals surface area contributed by atoms with Crippen molar-refractivity contribution in [1.82, 2.24) is 4.90 Å². The summed E-state index contributed by atoms with van der Waals surface area (Å²) in [5.41, 5.74) is 3.33. The molecule has 0 aliphatic carbocycles. The number of aryl methyl sites for hydroxylation is 1. The molecule has 4 rings (SSSR count). The lowest BCUT2D eigenvalue weighted by molar-refractivity contribution is -0.383. The van der Waals surface area contributed by atoms with Gasteiger partial charge in [0, 0.05) is 56.6 Å². The van der Waals surface area contributed by atoms with Gasteiger partial charge in [0.25, 0.3) is 11.6 Å². The number of hydrogen-bond acceptors (Lipinski definition) is 6. The fraction of sp³-hybridized carbons (Fsp3) is 0.435. The first kappa shape index (κ1) is 21.1. The third-order valence-electron chi connectivity index (χ3n) is 5.95. The number of nitro benzene ring substituents is 1. The second-order valence-electron chi connectivity index (χ2n) is 8.12. The van der Waals surface area contributed by atoms with Gasteiger partial charge in [-0.2, -0.15) is 0 Å². The highest BCUT2D eigenvalue weighted by molar-refractivity contribution is 5.94. The van der Waals surface area contributed by atoms with Gasteiger partial charge in [-0.3, -0.25) is 14.9 Å². The summed E-state index contributed by atoms with van der Waals surface area (Å²) < 4.78 is 5.62. The second-order valence-corrected chi connectivity index (χ2v) is 8.12. The summed E-state index contributed by atoms with van der Waals surface area (Å²) in [5, 5.41) is 14.7. The molecular weight excluding hydrogens is 396 g/mol. The summed E-state index contributed by atoms with van der Waals surface area (Å²) in [4.78, 5) is 27.9. The smallest absolute Gasteiger partial charge is 0.292 e. The van der Waals surface area contributed by atoms with E-state index in [9.17, 15) is 14.9 Å². The molecule has 1 N–H and O–H groups in total. The number of hydrogen-bond donors (Lipinski definition) is 1. The van der Waals surface area contributed by atoms with E-state index < -0.39 is 0 Å². The predicted octanol–water partition coefficient (Wildman–Crippen LogP) is 3.46. The summed E-state index contributed by atoms with van der Waals surface area (Å²) in [5.74, 6) is 0.0438. The third kappa shape index (κ3) is 4.96. The molecule has 0 unspecified atom stereocenters. The Bertz CT molecular complexity index is 933. The zero-order valence-corrected chi connectivity index (χ0v) is 17.8. The molecule has 0 spiro atoms. The zero-order chi connectivity index (χ0) is 21.8. The first-order valence-corrected chi connectivity index (χ1v) is 10.8. The molecule has 0 aromatic heterocycles. The van der Waals surface area contributed by atoms with E-state index in [-0.39, 0.29) is 22.6 Å². The van der Waals surface area contributed by atoms with Gasteiger partial charge in [0.1, 0.15) is 5.69 Å². The number of rotatable bonds is 6. The number of amides is 1. The van der Waals surface area contributed by atoms with Crippen LogP contribution in [0.25, 0.3) is 0 Å². The van der Waals surface area contributed by atoms with E-state index in [1.54, 1.807) is 12.1 Å². The number of ether oxygens (including phenoxy) is 1. The van der Waals surface area contributed by atoms with Crippen LogP contribution in [0.1, 0.15) is 28.8 Å². The number of nitrogens with zero attached hydrogens (tertiary/aromatic N) is 3. The van der Waals surface area contributed by atoms with Crippen molar-refractivity contribution >= 4 is 23.0 Å². The molecule has 2 fully saturated rings. The number of carbonyl (C=O) groups is 1. The van der Waals surface area contributed by atoms with Gasteiger partial charge in [-0.15, -0.1) is 0 Å². The molecule has 2 saturated heterocycles. The summed E-state index contributed by atoms with van der Waals surface area (Å²) in [7, 11) is 0. The molecule has 164 valence electrons. The van der Waals surface area contributed by atoms with Crippen LogP contribution in [0, 0.1) is 17.0 Å². The molecule has 8 heteroatoms. The van der Waals surface area contributed by atoms with Gasteiger partial charge < -0.3 is 19.9 Å². The Labute approximate surface area is 181 Å². The number of anilines is 2. The van der Waals surface area contributed by atoms with E-state index in [0.29, 0.717) is 44.0 Å². The van der Waals surface area contributed by atoms with Crippen LogP contribution in [-0.4, -0.2) is 61.2 Å². The minimum atomic E-state index is -0.361. The molecular formula is C23H28N4O4. The maximum atomic E-state index is 12.7. The molecule has 2 aliphatic heterocycles. The lowest BCUT2D eigenvalue weighted by Crippen LogP contribution is -2.48. The van der Waals surface area contributed by atoms with Gasteiger partial charge >= 0.3 is 0 Å². The lowest BCUT2D eigenvalue weighted by Gasteiger charge is -2.36. The van der Waals surface area contributed by atoms with Crippen LogP contribution in [-0.2, 0) is 4.74 Å². The first-order valence-electron chi connectivity index (χ1n) is 10.8. The van der Waals surface area contributed by atoms with Crippen LogP contribution >= 0.6 is 0 Å². The average molecular weight is 425 g/mol. The largest absolute Gasteiger partial charge is 0.377 e. The highest BCUT2D eigenvalue weighted by Crippen LogP contribution is 2.30. The number of piperazine rings is 1. The lowest BCUT2D eigenvalue weighted by atomic mass is 10.1. The van der Waals surface area contributed by atoms with E-state index in [1.807, 2.05) is 42.2 Å². The standard InChI is InChI=1S/C23H28N4O4/c1-17-4-6-18(7-5-17)23(28)26-12-10-25(11-13-26)19-8-9-22(27(29)30)21(15-19)24-16-20-3-2-14-31-20/h4-9,15,20,24H,2-3,10-14,16H2,1H3/t20-/m1/s1. The SMILES string of the molecule is Cc1ccc(C(=O)N2CCN(c3ccc([N+](=O)[O-])c(NC[C@H]4CCCO4)c3)CC2)cc1. The van der Waals surface area contributed by atoms with Crippen molar-refractivity contribution in [3.05, 3.63) is 63.7 Å². The van der Waals surface area contributed by atoms with Crippen LogP contribution in [0.3, 0.4) is 0 Å². The van der Waals surface area contributed by atoms with Crippen LogP contribution in [0.4, 0.5) is 17.1 Å². The van der Waals surface area contributed by atoms with Crippen molar-refractivity contribution in [2.24, 2.45) is 0 Å². The van der Waals surface area contributed by atoms with Crippen LogP contribution < -0.4 is 10.2 Å². The quantitative estimate of drug-likeness (QED) is 0.564. The number of nitro groups is 1. The summed E-state index contributed by atoms with van der Waals surface area (Å²) in [6.07, 6.45) is 2.09. The summed E-state index contributed by atoms with van der Waals surface area (Å²) >= 11 is 0. The van der Waals surface area contributed by atoms with E-state index in [0.717, 1.165) is 30.7 Å². The Morgan fingerprint density at radius 2 is 1.90 bits per heavy atom. The van der Waals surface area contributed by atoms with Gasteiger partial charge in [0.2, 0.25) is 0 Å². The van der Waals surface area contributed by atoms with Gasteiger partial charge in [-0.1, -0.05) is 17.7 Å². The highest BCUT2D eigenvalue weighted by Gasteiger charge is 2.24. The number of carbonyl (C=O) groups excluding carboxylic acids is 1. The molecule has 1 atom stereocenters. The normalized spacial score (nSPS) is 18.8. The van der Waals surface area contributed by atoms with Gasteiger partial charge in [0.15, 0.2) is 0 Å². The monoisotopic (exact) mass is 424 g/mol. The maximum Gasteiger partial charge on any atom is 0.292 e. The van der Waals surface area contributed by atoms with E-state index >= 15 is 0 Å². The van der Waals surface area contributed by atoms with E-state index in [4.69, 9.17) is 4.74 Å². The Balaban J connectivity index is 1.41. The van der Waals surface area contributed by atoms with Crippen LogP contribution in [0.5, 0.6) is 0 Å². The van der Waals surface area contributed by atoms with E-state index in [2.05, 4.69) is 10.2 Å². The van der Waals surface area contributed by atoms with Crippen molar-refractivity contribution in [1.29, 1.82) is 0 Å². The van der Waals surface area contributed by atoms with Crippen molar-refractivity contribution in [2.75, 3.05) is 49.5 Å². The predicted molar refractivity (Wildman–Crippen MR) is 120 cm³/mol. The molecule has 8 nitrogen and oxygen atoms in total. The third-order valence-corrected chi connectivity index (χ3v) is 5.95. The van der Waals surface area contributed by atoms with Crippen molar-refractivity contribution < 1.29 is 14.5 Å². The fourth-order valence-corrected chi connectivity index (χ4v) is 4.10. The molecule has 2 aromatic carbocycles. The Hall–Kier alpha value is -3.13. The molecule has 0 bridgehead atoms. The number of benzene rings is 2. The summed E-state index contributed by atoms with van der Waals surface area (Å²) in [6.45, 7) is 5.90. The molecule has 2 aliphatic rings. The maximum absolute atomic E-state index is 12.7. The van der Waals surface area contributed by atoms with Crippen molar-refractivity contribution in [3.63, 3.8) is 0 Å². The summed E-state index contributed by atoms with van der Waals surface area (Å²) in [6, 6.07) is 12.8. The molecule has 0 saturated carbocycles. The van der Waals surface area contributed by atoms with Crippen LogP contribution in [0.2, 0.25) is 0 Å². The van der Waals surface area contributed by atoms with Gasteiger partial charge in [-0.05, 0) is 44.0 Å². The van der Waals surface area contributed by atoms with Crippen molar-refractivity contribution in [2.45, 2.75) is 25.9 Å². The zero-order valence-electron chi connectivity index (χ0n) is 17.8. The fourth-order valence-electron chi connectivity index (χ4n) is 4.10. The minimum absolute atomic E-state index is 0.0438. The minimum Gasteiger partial charge on any atom is -0.377 e. The molecule has 0 radical (unpaired) electrons. The Morgan fingerprint density at radius 3 is 2.55 bits per heavy atom. The average Bonchev–Trinajstić information content (AvgIpc) is 3.31. The molecule has 31 heavy (non-hydrogen) atoms. The Kier molecular flexibility index (Phi) is 6.36. The second kappa shape index (κ2) is 9.34. The molecule has 2 aromatic rings. The van der Waals surface area contributed by atoms with E-state index in [1.165, 1.54) is 0 Å². The Morgan fingerprint density at radius 1 is 1.16 bits per heavy atom. The van der Waals surface area contributed by atoms with Crippen LogP contribution in [0.15, 0.2) is 42.5 Å². The van der Waals surface area contributed by atoms with Crippen molar-refractivity contribution in [3.8, 4) is 0 Å². The van der Waals surface area contributed by atoms with Gasteiger partial charge in [-0.25, -0.2) is 0 Å². The molecule has 2 heterocycles. The topological polar surface area (TPSA) is 88.0 Å².